The van der Waals surface area contributed by atoms with Crippen LogP contribution in [0.1, 0.15) is 28.7 Å². The molecule has 0 aliphatic heterocycles. The van der Waals surface area contributed by atoms with Crippen LogP contribution in [0.3, 0.4) is 0 Å². The highest BCUT2D eigenvalue weighted by Gasteiger charge is 2.24. The molecule has 0 aliphatic rings. The number of aliphatic hydroxyl groups excluding tert-OH is 1. The molecule has 0 saturated heterocycles. The molecule has 28 heavy (non-hydrogen) atoms. The number of halogens is 1. The summed E-state index contributed by atoms with van der Waals surface area (Å²) >= 11 is 0. The van der Waals surface area contributed by atoms with Gasteiger partial charge >= 0.3 is 5.97 Å². The van der Waals surface area contributed by atoms with Gasteiger partial charge in [-0.2, -0.15) is 0 Å². The molecule has 0 radical (unpaired) electrons. The molecule has 152 valence electrons. The third-order valence-electron chi connectivity index (χ3n) is 4.52. The molecular formula is C21H26FO5P. The lowest BCUT2D eigenvalue weighted by Crippen LogP contribution is -2.18. The Morgan fingerprint density at radius 2 is 1.86 bits per heavy atom. The number of hydrogen-bond donors (Lipinski definition) is 2. The Morgan fingerprint density at radius 1 is 1.18 bits per heavy atom. The number of rotatable bonds is 8. The van der Waals surface area contributed by atoms with E-state index in [1.807, 2.05) is 26.0 Å². The van der Waals surface area contributed by atoms with Crippen molar-refractivity contribution in [1.82, 2.24) is 0 Å². The smallest absolute Gasteiger partial charge is 0.305 e. The van der Waals surface area contributed by atoms with Crippen molar-refractivity contribution in [2.45, 2.75) is 39.9 Å². The standard InChI is InChI=1S/C21H26FO5P/c1-13-7-14(2)19(11-27-28(4,26)12-17(23)10-21(24)25)18(8-13)16-5-6-20(22)15(3)9-16/h5-9,17,23H,10-12H2,1-4H3,(H,24,25)/t17-,28?/m0/s1. The van der Waals surface area contributed by atoms with Crippen LogP contribution in [-0.2, 0) is 20.5 Å². The van der Waals surface area contributed by atoms with Crippen molar-refractivity contribution in [3.05, 3.63) is 58.4 Å². The van der Waals surface area contributed by atoms with Crippen molar-refractivity contribution in [2.75, 3.05) is 12.8 Å². The molecule has 0 fully saturated rings. The molecule has 2 rings (SSSR count). The first-order valence-corrected chi connectivity index (χ1v) is 11.2. The molecule has 0 aromatic heterocycles. The number of benzene rings is 2. The first-order valence-electron chi connectivity index (χ1n) is 8.96. The molecule has 2 aromatic carbocycles. The SMILES string of the molecule is Cc1cc(C)c(COP(C)(=O)C[C@@H](O)CC(=O)O)c(-c2ccc(F)c(C)c2)c1. The van der Waals surface area contributed by atoms with Gasteiger partial charge in [-0.15, -0.1) is 0 Å². The zero-order chi connectivity index (χ0) is 21.1. The predicted molar refractivity (Wildman–Crippen MR) is 107 cm³/mol. The third kappa shape index (κ3) is 5.99. The van der Waals surface area contributed by atoms with Gasteiger partial charge in [-0.25, -0.2) is 4.39 Å². The minimum Gasteiger partial charge on any atom is -0.481 e. The second-order valence-electron chi connectivity index (χ2n) is 7.29. The second kappa shape index (κ2) is 8.99. The van der Waals surface area contributed by atoms with Crippen LogP contribution >= 0.6 is 7.37 Å². The van der Waals surface area contributed by atoms with Gasteiger partial charge in [0.1, 0.15) is 5.82 Å². The van der Waals surface area contributed by atoms with E-state index in [9.17, 15) is 18.9 Å². The van der Waals surface area contributed by atoms with E-state index in [4.69, 9.17) is 9.63 Å². The van der Waals surface area contributed by atoms with Crippen molar-refractivity contribution >= 4 is 13.3 Å². The summed E-state index contributed by atoms with van der Waals surface area (Å²) in [5.41, 5.74) is 5.04. The quantitative estimate of drug-likeness (QED) is 0.620. The number of aliphatic hydroxyl groups is 1. The lowest BCUT2D eigenvalue weighted by Gasteiger charge is -2.20. The van der Waals surface area contributed by atoms with Gasteiger partial charge in [0, 0.05) is 6.66 Å². The minimum atomic E-state index is -3.20. The Kier molecular flexibility index (Phi) is 7.16. The summed E-state index contributed by atoms with van der Waals surface area (Å²) in [6.07, 6.45) is -1.94. The Hall–Kier alpha value is -2.01. The van der Waals surface area contributed by atoms with Crippen molar-refractivity contribution in [2.24, 2.45) is 0 Å². The van der Waals surface area contributed by atoms with Gasteiger partial charge in [-0.3, -0.25) is 9.36 Å². The molecule has 0 spiro atoms. The van der Waals surface area contributed by atoms with Crippen LogP contribution in [0, 0.1) is 26.6 Å². The van der Waals surface area contributed by atoms with Gasteiger partial charge in [-0.05, 0) is 60.7 Å². The van der Waals surface area contributed by atoms with Gasteiger partial charge in [0.2, 0.25) is 7.37 Å². The van der Waals surface area contributed by atoms with Crippen LogP contribution in [0.25, 0.3) is 11.1 Å². The van der Waals surface area contributed by atoms with Crippen molar-refractivity contribution in [3.63, 3.8) is 0 Å². The van der Waals surface area contributed by atoms with E-state index in [1.165, 1.54) is 12.7 Å². The van der Waals surface area contributed by atoms with Crippen LogP contribution < -0.4 is 0 Å². The van der Waals surface area contributed by atoms with Gasteiger partial charge in [0.05, 0.1) is 25.3 Å². The maximum Gasteiger partial charge on any atom is 0.305 e. The van der Waals surface area contributed by atoms with Gasteiger partial charge in [0.25, 0.3) is 0 Å². The average Bonchev–Trinajstić information content (AvgIpc) is 2.54. The maximum absolute atomic E-state index is 13.7. The Bertz CT molecular complexity index is 925. The van der Waals surface area contributed by atoms with Crippen molar-refractivity contribution in [1.29, 1.82) is 0 Å². The molecule has 2 aromatic rings. The molecule has 0 amide bonds. The molecule has 0 bridgehead atoms. The summed E-state index contributed by atoms with van der Waals surface area (Å²) in [6, 6.07) is 8.83. The summed E-state index contributed by atoms with van der Waals surface area (Å²) < 4.78 is 32.0. The molecule has 5 nitrogen and oxygen atoms in total. The van der Waals surface area contributed by atoms with Crippen LogP contribution in [-0.4, -0.2) is 35.1 Å². The van der Waals surface area contributed by atoms with E-state index in [0.29, 0.717) is 5.56 Å². The second-order valence-corrected chi connectivity index (χ2v) is 9.95. The molecule has 0 saturated carbocycles. The summed E-state index contributed by atoms with van der Waals surface area (Å²) in [6.45, 7) is 7.02. The van der Waals surface area contributed by atoms with Gasteiger partial charge in [-0.1, -0.05) is 23.8 Å². The summed E-state index contributed by atoms with van der Waals surface area (Å²) in [5, 5.41) is 18.5. The third-order valence-corrected chi connectivity index (χ3v) is 6.28. The van der Waals surface area contributed by atoms with Crippen LogP contribution in [0.4, 0.5) is 4.39 Å². The highest BCUT2D eigenvalue weighted by molar-refractivity contribution is 7.58. The minimum absolute atomic E-state index is 0.0471. The Labute approximate surface area is 164 Å². The van der Waals surface area contributed by atoms with E-state index < -0.39 is 25.9 Å². The zero-order valence-electron chi connectivity index (χ0n) is 16.5. The van der Waals surface area contributed by atoms with Crippen molar-refractivity contribution in [3.8, 4) is 11.1 Å². The van der Waals surface area contributed by atoms with Gasteiger partial charge < -0.3 is 14.7 Å². The predicted octanol–water partition coefficient (Wildman–Crippen LogP) is 4.68. The van der Waals surface area contributed by atoms with E-state index >= 15 is 0 Å². The number of carbonyl (C=O) groups is 1. The fourth-order valence-electron chi connectivity index (χ4n) is 3.16. The summed E-state index contributed by atoms with van der Waals surface area (Å²) in [7, 11) is -3.20. The molecule has 0 heterocycles. The first-order chi connectivity index (χ1) is 13.0. The number of carboxylic acids is 1. The Morgan fingerprint density at radius 3 is 2.46 bits per heavy atom. The Balaban J connectivity index is 2.29. The lowest BCUT2D eigenvalue weighted by atomic mass is 9.93. The molecular weight excluding hydrogens is 382 g/mol. The lowest BCUT2D eigenvalue weighted by molar-refractivity contribution is -0.138. The monoisotopic (exact) mass is 408 g/mol. The summed E-state index contributed by atoms with van der Waals surface area (Å²) in [4.78, 5) is 10.7. The molecule has 1 unspecified atom stereocenters. The number of aryl methyl sites for hydroxylation is 3. The molecule has 2 N–H and O–H groups in total. The highest BCUT2D eigenvalue weighted by atomic mass is 31.2. The number of aliphatic carboxylic acids is 1. The average molecular weight is 408 g/mol. The summed E-state index contributed by atoms with van der Waals surface area (Å²) in [5.74, 6) is -1.44. The van der Waals surface area contributed by atoms with Gasteiger partial charge in [0.15, 0.2) is 0 Å². The highest BCUT2D eigenvalue weighted by Crippen LogP contribution is 2.45. The number of carboxylic acid groups (broad SMARTS) is 1. The van der Waals surface area contributed by atoms with Crippen LogP contribution in [0.2, 0.25) is 0 Å². The molecule has 0 aliphatic carbocycles. The van der Waals surface area contributed by atoms with Crippen LogP contribution in [0.5, 0.6) is 0 Å². The maximum atomic E-state index is 13.7. The van der Waals surface area contributed by atoms with E-state index in [0.717, 1.165) is 27.8 Å². The zero-order valence-corrected chi connectivity index (χ0v) is 17.4. The fraction of sp³-hybridized carbons (Fsp3) is 0.381. The first kappa shape index (κ1) is 22.3. The topological polar surface area (TPSA) is 83.8 Å². The van der Waals surface area contributed by atoms with Crippen molar-refractivity contribution < 1.29 is 28.5 Å². The molecule has 2 atom stereocenters. The fourth-order valence-corrected chi connectivity index (χ4v) is 4.56. The van der Waals surface area contributed by atoms with E-state index in [-0.39, 0.29) is 18.6 Å². The molecule has 7 heteroatoms. The normalized spacial score (nSPS) is 14.5. The van der Waals surface area contributed by atoms with E-state index in [2.05, 4.69) is 0 Å². The van der Waals surface area contributed by atoms with E-state index in [1.54, 1.807) is 19.1 Å². The largest absolute Gasteiger partial charge is 0.481 e. The number of hydrogen-bond acceptors (Lipinski definition) is 4. The van der Waals surface area contributed by atoms with Crippen LogP contribution in [0.15, 0.2) is 30.3 Å².